The third kappa shape index (κ3) is 6.10. The smallest absolute Gasteiger partial charge is 0.0897 e. The molecule has 15 heavy (non-hydrogen) atoms. The van der Waals surface area contributed by atoms with Crippen molar-refractivity contribution in [3.05, 3.63) is 16.1 Å². The van der Waals surface area contributed by atoms with Gasteiger partial charge in [-0.3, -0.25) is 4.90 Å². The summed E-state index contributed by atoms with van der Waals surface area (Å²) in [6.45, 7) is 7.86. The molecule has 0 saturated carbocycles. The molecule has 0 saturated heterocycles. The molecule has 5 heteroatoms. The maximum absolute atomic E-state index is 5.94. The van der Waals surface area contributed by atoms with E-state index in [1.807, 2.05) is 20.8 Å². The van der Waals surface area contributed by atoms with Gasteiger partial charge in [0.05, 0.1) is 10.7 Å². The molecule has 0 radical (unpaired) electrons. The summed E-state index contributed by atoms with van der Waals surface area (Å²) >= 11 is 1.70. The Morgan fingerprint density at radius 3 is 2.53 bits per heavy atom. The quantitative estimate of drug-likeness (QED) is 0.888. The van der Waals surface area contributed by atoms with Crippen molar-refractivity contribution in [2.24, 2.45) is 5.73 Å². The van der Waals surface area contributed by atoms with Gasteiger partial charge in [0.15, 0.2) is 0 Å². The highest BCUT2D eigenvalue weighted by molar-refractivity contribution is 7.09. The van der Waals surface area contributed by atoms with E-state index in [-0.39, 0.29) is 17.9 Å². The molecular formula is C10H20ClN3S. The normalized spacial score (nSPS) is 11.6. The number of nitrogens with zero attached hydrogens (tertiary/aromatic N) is 2. The average molecular weight is 250 g/mol. The lowest BCUT2D eigenvalue weighted by molar-refractivity contribution is 0.261. The van der Waals surface area contributed by atoms with Crippen LogP contribution in [0.5, 0.6) is 0 Å². The summed E-state index contributed by atoms with van der Waals surface area (Å²) in [5, 5.41) is 3.23. The van der Waals surface area contributed by atoms with E-state index in [0.717, 1.165) is 23.8 Å². The lowest BCUT2D eigenvalue weighted by atomic mass is 10.1. The number of hydrogen-bond donors (Lipinski definition) is 1. The van der Waals surface area contributed by atoms with Crippen molar-refractivity contribution in [1.29, 1.82) is 0 Å². The highest BCUT2D eigenvalue weighted by Crippen LogP contribution is 2.10. The van der Waals surface area contributed by atoms with E-state index in [1.165, 1.54) is 0 Å². The van der Waals surface area contributed by atoms with Crippen LogP contribution in [0.1, 0.15) is 24.5 Å². The van der Waals surface area contributed by atoms with Gasteiger partial charge in [-0.1, -0.05) is 0 Å². The molecule has 1 aromatic heterocycles. The van der Waals surface area contributed by atoms with Crippen LogP contribution in [0.4, 0.5) is 0 Å². The van der Waals surface area contributed by atoms with Crippen molar-refractivity contribution in [3.63, 3.8) is 0 Å². The number of halogens is 1. The van der Waals surface area contributed by atoms with Crippen LogP contribution in [0.2, 0.25) is 0 Å². The molecule has 1 aromatic rings. The van der Waals surface area contributed by atoms with E-state index < -0.39 is 0 Å². The van der Waals surface area contributed by atoms with Gasteiger partial charge in [0, 0.05) is 24.0 Å². The largest absolute Gasteiger partial charge is 0.324 e. The Labute approximate surface area is 102 Å². The number of thiazole rings is 1. The van der Waals surface area contributed by atoms with Crippen molar-refractivity contribution in [1.82, 2.24) is 9.88 Å². The molecule has 0 amide bonds. The molecule has 0 spiro atoms. The van der Waals surface area contributed by atoms with E-state index in [0.29, 0.717) is 0 Å². The lowest BCUT2D eigenvalue weighted by Crippen LogP contribution is -2.43. The van der Waals surface area contributed by atoms with Crippen LogP contribution in [0.3, 0.4) is 0 Å². The molecule has 0 aliphatic heterocycles. The molecule has 0 unspecified atom stereocenters. The second-order valence-electron chi connectivity index (χ2n) is 4.52. The predicted molar refractivity (Wildman–Crippen MR) is 68.7 cm³/mol. The maximum Gasteiger partial charge on any atom is 0.0897 e. The molecule has 1 rings (SSSR count). The van der Waals surface area contributed by atoms with Crippen LogP contribution < -0.4 is 5.73 Å². The van der Waals surface area contributed by atoms with Gasteiger partial charge in [-0.15, -0.1) is 23.7 Å². The van der Waals surface area contributed by atoms with Crippen molar-refractivity contribution in [2.75, 3.05) is 13.6 Å². The van der Waals surface area contributed by atoms with E-state index >= 15 is 0 Å². The number of aryl methyl sites for hydroxylation is 1. The van der Waals surface area contributed by atoms with Gasteiger partial charge >= 0.3 is 0 Å². The molecule has 88 valence electrons. The highest BCUT2D eigenvalue weighted by atomic mass is 35.5. The summed E-state index contributed by atoms with van der Waals surface area (Å²) < 4.78 is 0. The van der Waals surface area contributed by atoms with Gasteiger partial charge < -0.3 is 5.73 Å². The Morgan fingerprint density at radius 1 is 1.53 bits per heavy atom. The summed E-state index contributed by atoms with van der Waals surface area (Å²) in [5.41, 5.74) is 6.93. The zero-order valence-electron chi connectivity index (χ0n) is 9.78. The van der Waals surface area contributed by atoms with Gasteiger partial charge in [0.1, 0.15) is 0 Å². The highest BCUT2D eigenvalue weighted by Gasteiger charge is 2.14. The van der Waals surface area contributed by atoms with Gasteiger partial charge in [-0.25, -0.2) is 4.98 Å². The van der Waals surface area contributed by atoms with Crippen LogP contribution in [0.15, 0.2) is 5.38 Å². The van der Waals surface area contributed by atoms with Crippen LogP contribution >= 0.6 is 23.7 Å². The minimum absolute atomic E-state index is 0. The molecule has 0 aromatic carbocycles. The fourth-order valence-electron chi connectivity index (χ4n) is 1.51. The average Bonchev–Trinajstić information content (AvgIpc) is 2.30. The number of nitrogens with two attached hydrogens (primary N) is 1. The molecular weight excluding hydrogens is 230 g/mol. The SMILES string of the molecule is Cc1nc(CN(C)CC(C)(C)N)cs1.Cl. The zero-order valence-corrected chi connectivity index (χ0v) is 11.4. The Balaban J connectivity index is 0.00000196. The molecule has 0 atom stereocenters. The molecule has 0 aliphatic rings. The monoisotopic (exact) mass is 249 g/mol. The third-order valence-electron chi connectivity index (χ3n) is 1.78. The number of aromatic nitrogens is 1. The number of hydrogen-bond acceptors (Lipinski definition) is 4. The van der Waals surface area contributed by atoms with Gasteiger partial charge in [0.25, 0.3) is 0 Å². The fourth-order valence-corrected chi connectivity index (χ4v) is 2.11. The standard InChI is InChI=1S/C10H19N3S.ClH/c1-8-12-9(6-14-8)5-13(4)7-10(2,3)11;/h6H,5,7,11H2,1-4H3;1H. The van der Waals surface area contributed by atoms with Crippen molar-refractivity contribution in [3.8, 4) is 0 Å². The second-order valence-corrected chi connectivity index (χ2v) is 5.58. The first-order valence-corrected chi connectivity index (χ1v) is 5.63. The van der Waals surface area contributed by atoms with Crippen molar-refractivity contribution in [2.45, 2.75) is 32.9 Å². The van der Waals surface area contributed by atoms with Crippen LogP contribution in [-0.4, -0.2) is 29.0 Å². The molecule has 2 N–H and O–H groups in total. The Morgan fingerprint density at radius 2 is 2.13 bits per heavy atom. The summed E-state index contributed by atoms with van der Waals surface area (Å²) in [6.07, 6.45) is 0. The fraction of sp³-hybridized carbons (Fsp3) is 0.700. The van der Waals surface area contributed by atoms with Crippen molar-refractivity contribution < 1.29 is 0 Å². The van der Waals surface area contributed by atoms with Crippen LogP contribution in [0.25, 0.3) is 0 Å². The maximum atomic E-state index is 5.94. The minimum Gasteiger partial charge on any atom is -0.324 e. The summed E-state index contributed by atoms with van der Waals surface area (Å²) in [4.78, 5) is 6.62. The van der Waals surface area contributed by atoms with E-state index in [2.05, 4.69) is 22.3 Å². The molecule has 0 bridgehead atoms. The van der Waals surface area contributed by atoms with Crippen LogP contribution in [-0.2, 0) is 6.54 Å². The van der Waals surface area contributed by atoms with Crippen molar-refractivity contribution >= 4 is 23.7 Å². The zero-order chi connectivity index (χ0) is 10.8. The Hall–Kier alpha value is -0.160. The Kier molecular flexibility index (Phi) is 5.73. The first kappa shape index (κ1) is 14.8. The number of rotatable bonds is 4. The van der Waals surface area contributed by atoms with Gasteiger partial charge in [-0.05, 0) is 27.8 Å². The first-order chi connectivity index (χ1) is 6.37. The van der Waals surface area contributed by atoms with Gasteiger partial charge in [0.2, 0.25) is 0 Å². The van der Waals surface area contributed by atoms with E-state index in [4.69, 9.17) is 5.73 Å². The predicted octanol–water partition coefficient (Wildman–Crippen LogP) is 2.04. The lowest BCUT2D eigenvalue weighted by Gasteiger charge is -2.25. The van der Waals surface area contributed by atoms with Gasteiger partial charge in [-0.2, -0.15) is 0 Å². The third-order valence-corrected chi connectivity index (χ3v) is 2.60. The minimum atomic E-state index is -0.139. The summed E-state index contributed by atoms with van der Waals surface area (Å²) in [7, 11) is 2.07. The molecule has 0 aliphatic carbocycles. The van der Waals surface area contributed by atoms with E-state index in [1.54, 1.807) is 11.3 Å². The van der Waals surface area contributed by atoms with E-state index in [9.17, 15) is 0 Å². The second kappa shape index (κ2) is 5.80. The summed E-state index contributed by atoms with van der Waals surface area (Å²) in [5.74, 6) is 0. The topological polar surface area (TPSA) is 42.2 Å². The number of likely N-dealkylation sites (N-methyl/N-ethyl adjacent to an activating group) is 1. The Bertz CT molecular complexity index is 293. The summed E-state index contributed by atoms with van der Waals surface area (Å²) in [6, 6.07) is 0. The molecule has 3 nitrogen and oxygen atoms in total. The molecule has 0 fully saturated rings. The van der Waals surface area contributed by atoms with Crippen LogP contribution in [0, 0.1) is 6.92 Å². The molecule has 1 heterocycles. The first-order valence-electron chi connectivity index (χ1n) is 4.75.